The van der Waals surface area contributed by atoms with Gasteiger partial charge in [-0.15, -0.1) is 0 Å². The summed E-state index contributed by atoms with van der Waals surface area (Å²) in [5, 5.41) is 0. The van der Waals surface area contributed by atoms with Gasteiger partial charge in [0.1, 0.15) is 11.5 Å². The summed E-state index contributed by atoms with van der Waals surface area (Å²) in [6.45, 7) is 4.38. The van der Waals surface area contributed by atoms with Crippen molar-refractivity contribution >= 4 is 5.78 Å². The van der Waals surface area contributed by atoms with E-state index in [2.05, 4.69) is 0 Å². The molecule has 5 nitrogen and oxygen atoms in total. The largest absolute Gasteiger partial charge is 0.498 e. The van der Waals surface area contributed by atoms with Crippen LogP contribution in [0, 0.1) is 0 Å². The number of allylic oxidation sites excluding steroid dienone is 2. The van der Waals surface area contributed by atoms with Gasteiger partial charge in [-0.1, -0.05) is 18.2 Å². The van der Waals surface area contributed by atoms with Crippen molar-refractivity contribution in [2.45, 2.75) is 38.9 Å². The minimum Gasteiger partial charge on any atom is -0.498 e. The molecule has 0 aromatic heterocycles. The lowest BCUT2D eigenvalue weighted by Gasteiger charge is -2.24. The number of rotatable bonds is 8. The number of carbonyl (C=O) groups is 1. The van der Waals surface area contributed by atoms with Crippen LogP contribution in [0.3, 0.4) is 0 Å². The molecule has 0 radical (unpaired) electrons. The predicted molar refractivity (Wildman–Crippen MR) is 86.2 cm³/mol. The zero-order valence-electron chi connectivity index (χ0n) is 13.9. The number of ether oxygens (including phenoxy) is 4. The monoisotopic (exact) mass is 320 g/mol. The number of hydrogen-bond donors (Lipinski definition) is 0. The van der Waals surface area contributed by atoms with Crippen LogP contribution >= 0.6 is 0 Å². The third-order valence-electron chi connectivity index (χ3n) is 3.75. The highest BCUT2D eigenvalue weighted by molar-refractivity contribution is 5.91. The third kappa shape index (κ3) is 5.08. The number of ketones is 1. The van der Waals surface area contributed by atoms with Crippen molar-refractivity contribution in [1.29, 1.82) is 0 Å². The highest BCUT2D eigenvalue weighted by Crippen LogP contribution is 2.36. The fourth-order valence-electron chi connectivity index (χ4n) is 2.57. The van der Waals surface area contributed by atoms with E-state index in [1.165, 1.54) is 0 Å². The molecular formula is C18H24O5. The van der Waals surface area contributed by atoms with Crippen molar-refractivity contribution in [3.8, 4) is 5.75 Å². The van der Waals surface area contributed by atoms with E-state index < -0.39 is 0 Å². The van der Waals surface area contributed by atoms with Gasteiger partial charge in [0.2, 0.25) is 0 Å². The summed E-state index contributed by atoms with van der Waals surface area (Å²) in [5.74, 6) is 1.62. The Morgan fingerprint density at radius 3 is 2.74 bits per heavy atom. The van der Waals surface area contributed by atoms with Crippen LogP contribution in [0.5, 0.6) is 5.75 Å². The summed E-state index contributed by atoms with van der Waals surface area (Å²) >= 11 is 0. The Bertz CT molecular complexity index is 552. The highest BCUT2D eigenvalue weighted by Gasteiger charge is 2.25. The lowest BCUT2D eigenvalue weighted by atomic mass is 9.85. The maximum Gasteiger partial charge on any atom is 0.191 e. The van der Waals surface area contributed by atoms with E-state index in [-0.39, 0.29) is 24.8 Å². The molecule has 1 aliphatic carbocycles. The van der Waals surface area contributed by atoms with E-state index >= 15 is 0 Å². The number of carbonyl (C=O) groups excluding carboxylic acids is 1. The second kappa shape index (κ2) is 8.70. The van der Waals surface area contributed by atoms with Gasteiger partial charge in [0.25, 0.3) is 0 Å². The van der Waals surface area contributed by atoms with Crippen molar-refractivity contribution < 1.29 is 23.7 Å². The van der Waals surface area contributed by atoms with Crippen LogP contribution in [0.4, 0.5) is 0 Å². The van der Waals surface area contributed by atoms with Gasteiger partial charge < -0.3 is 18.9 Å². The van der Waals surface area contributed by atoms with E-state index in [1.807, 2.05) is 31.2 Å². The summed E-state index contributed by atoms with van der Waals surface area (Å²) in [4.78, 5) is 11.9. The summed E-state index contributed by atoms with van der Waals surface area (Å²) in [6, 6.07) is 7.73. The normalized spacial score (nSPS) is 19.2. The van der Waals surface area contributed by atoms with Gasteiger partial charge in [0.05, 0.1) is 6.61 Å². The number of para-hydroxylation sites is 1. The maximum atomic E-state index is 11.9. The van der Waals surface area contributed by atoms with E-state index in [0.717, 1.165) is 17.1 Å². The first-order valence-corrected chi connectivity index (χ1v) is 7.86. The van der Waals surface area contributed by atoms with E-state index in [4.69, 9.17) is 18.9 Å². The van der Waals surface area contributed by atoms with Crippen LogP contribution in [-0.2, 0) is 19.0 Å². The Morgan fingerprint density at radius 2 is 2.00 bits per heavy atom. The van der Waals surface area contributed by atoms with Crippen molar-refractivity contribution in [3.63, 3.8) is 0 Å². The average molecular weight is 320 g/mol. The van der Waals surface area contributed by atoms with Gasteiger partial charge in [-0.3, -0.25) is 4.79 Å². The summed E-state index contributed by atoms with van der Waals surface area (Å²) in [6.07, 6.45) is 2.44. The predicted octanol–water partition coefficient (Wildman–Crippen LogP) is 3.40. The summed E-state index contributed by atoms with van der Waals surface area (Å²) < 4.78 is 21.6. The van der Waals surface area contributed by atoms with Crippen molar-refractivity contribution in [1.82, 2.24) is 0 Å². The Morgan fingerprint density at radius 1 is 1.22 bits per heavy atom. The molecule has 2 atom stereocenters. The lowest BCUT2D eigenvalue weighted by Crippen LogP contribution is -2.17. The van der Waals surface area contributed by atoms with Gasteiger partial charge in [-0.05, 0) is 25.5 Å². The van der Waals surface area contributed by atoms with Crippen molar-refractivity contribution in [3.05, 3.63) is 41.7 Å². The van der Waals surface area contributed by atoms with Crippen LogP contribution in [0.25, 0.3) is 0 Å². The molecule has 2 rings (SSSR count). The molecule has 0 heterocycles. The van der Waals surface area contributed by atoms with Gasteiger partial charge in [-0.25, -0.2) is 0 Å². The Balaban J connectivity index is 2.07. The van der Waals surface area contributed by atoms with Crippen molar-refractivity contribution in [2.75, 3.05) is 20.5 Å². The van der Waals surface area contributed by atoms with Crippen LogP contribution in [0.2, 0.25) is 0 Å². The molecule has 0 N–H and O–H groups in total. The quantitative estimate of drug-likeness (QED) is 0.687. The van der Waals surface area contributed by atoms with E-state index in [0.29, 0.717) is 19.4 Å². The lowest BCUT2D eigenvalue weighted by molar-refractivity contribution is -0.149. The first-order chi connectivity index (χ1) is 11.1. The average Bonchev–Trinajstić information content (AvgIpc) is 2.55. The van der Waals surface area contributed by atoms with E-state index in [9.17, 15) is 4.79 Å². The Kier molecular flexibility index (Phi) is 6.62. The molecule has 0 spiro atoms. The molecule has 5 heteroatoms. The van der Waals surface area contributed by atoms with Gasteiger partial charge in [0.15, 0.2) is 18.9 Å². The van der Waals surface area contributed by atoms with Crippen molar-refractivity contribution in [2.24, 2.45) is 0 Å². The third-order valence-corrected chi connectivity index (χ3v) is 3.75. The summed E-state index contributed by atoms with van der Waals surface area (Å²) in [7, 11) is 1.58. The molecule has 126 valence electrons. The molecule has 1 aliphatic rings. The minimum absolute atomic E-state index is 0.0603. The second-order valence-corrected chi connectivity index (χ2v) is 5.39. The van der Waals surface area contributed by atoms with E-state index in [1.54, 1.807) is 20.1 Å². The Labute approximate surface area is 137 Å². The van der Waals surface area contributed by atoms with Crippen LogP contribution in [0.15, 0.2) is 36.1 Å². The van der Waals surface area contributed by atoms with Gasteiger partial charge in [-0.2, -0.15) is 0 Å². The molecule has 0 saturated heterocycles. The standard InChI is InChI=1S/C18H24O5/c1-4-21-16-10-14(9-15(19)11-16)17-7-5-6-8-18(17)23-12-22-13(2)20-3/h5-8,11,13-14H,4,9-10,12H2,1-3H3. The van der Waals surface area contributed by atoms with Crippen LogP contribution in [-0.4, -0.2) is 32.6 Å². The van der Waals surface area contributed by atoms with Crippen LogP contribution in [0.1, 0.15) is 38.2 Å². The number of methoxy groups -OCH3 is 1. The molecule has 0 amide bonds. The maximum absolute atomic E-state index is 11.9. The Hall–Kier alpha value is -1.85. The fraction of sp³-hybridized carbons (Fsp3) is 0.500. The SMILES string of the molecule is CCOC1=CC(=O)CC(c2ccccc2OCOC(C)OC)C1. The first kappa shape index (κ1) is 17.5. The van der Waals surface area contributed by atoms with Gasteiger partial charge >= 0.3 is 0 Å². The second-order valence-electron chi connectivity index (χ2n) is 5.39. The molecule has 2 unspecified atom stereocenters. The molecule has 0 aliphatic heterocycles. The highest BCUT2D eigenvalue weighted by atomic mass is 16.7. The smallest absolute Gasteiger partial charge is 0.191 e. The molecule has 23 heavy (non-hydrogen) atoms. The topological polar surface area (TPSA) is 54.0 Å². The minimum atomic E-state index is -0.328. The zero-order valence-corrected chi connectivity index (χ0v) is 13.9. The molecule has 0 bridgehead atoms. The molecular weight excluding hydrogens is 296 g/mol. The zero-order chi connectivity index (χ0) is 16.7. The molecule has 0 fully saturated rings. The number of benzene rings is 1. The summed E-state index contributed by atoms with van der Waals surface area (Å²) in [5.41, 5.74) is 1.000. The van der Waals surface area contributed by atoms with Crippen LogP contribution < -0.4 is 4.74 Å². The molecule has 1 aromatic rings. The molecule has 0 saturated carbocycles. The van der Waals surface area contributed by atoms with Gasteiger partial charge in [0, 0.05) is 31.9 Å². The first-order valence-electron chi connectivity index (χ1n) is 7.86. The number of hydrogen-bond acceptors (Lipinski definition) is 5. The molecule has 1 aromatic carbocycles. The fourth-order valence-corrected chi connectivity index (χ4v) is 2.57.